The Hall–Kier alpha value is -3.73. The summed E-state index contributed by atoms with van der Waals surface area (Å²) < 4.78 is 17.3. The highest BCUT2D eigenvalue weighted by Crippen LogP contribution is 2.31. The molecule has 9 nitrogen and oxygen atoms in total. The summed E-state index contributed by atoms with van der Waals surface area (Å²) in [6.45, 7) is 3.78. The van der Waals surface area contributed by atoms with E-state index in [-0.39, 0.29) is 22.0 Å². The molecule has 0 amide bonds. The van der Waals surface area contributed by atoms with Gasteiger partial charge in [-0.1, -0.05) is 29.3 Å². The van der Waals surface area contributed by atoms with Gasteiger partial charge in [-0.2, -0.15) is 0 Å². The molecule has 1 N–H and O–H groups in total. The number of imidazole rings is 1. The summed E-state index contributed by atoms with van der Waals surface area (Å²) in [6.07, 6.45) is 4.45. The number of benzene rings is 2. The van der Waals surface area contributed by atoms with Crippen LogP contribution in [0.5, 0.6) is 0 Å². The maximum atomic E-state index is 14.7. The second kappa shape index (κ2) is 9.29. The number of rotatable bonds is 4. The van der Waals surface area contributed by atoms with Crippen LogP contribution in [0.15, 0.2) is 59.8 Å². The number of aromatic nitrogens is 5. The Labute approximate surface area is 220 Å². The van der Waals surface area contributed by atoms with E-state index < -0.39 is 11.4 Å². The fourth-order valence-electron chi connectivity index (χ4n) is 4.53. The highest BCUT2D eigenvalue weighted by atomic mass is 35.5. The quantitative estimate of drug-likeness (QED) is 0.363. The molecule has 0 bridgehead atoms. The van der Waals surface area contributed by atoms with Crippen molar-refractivity contribution in [1.29, 1.82) is 0 Å². The smallest absolute Gasteiger partial charge is 0.281 e. The van der Waals surface area contributed by atoms with Gasteiger partial charge < -0.3 is 15.1 Å². The highest BCUT2D eigenvalue weighted by molar-refractivity contribution is 6.33. The van der Waals surface area contributed by atoms with Crippen LogP contribution in [0, 0.1) is 5.82 Å². The Morgan fingerprint density at radius 3 is 2.59 bits per heavy atom. The first-order valence-corrected chi connectivity index (χ1v) is 12.4. The minimum Gasteiger partial charge on any atom is -0.368 e. The lowest BCUT2D eigenvalue weighted by Gasteiger charge is -2.34. The second-order valence-corrected chi connectivity index (χ2v) is 9.63. The van der Waals surface area contributed by atoms with E-state index in [1.165, 1.54) is 35.1 Å². The molecule has 5 aromatic rings. The molecule has 0 unspecified atom stereocenters. The third-order valence-electron chi connectivity index (χ3n) is 6.46. The largest absolute Gasteiger partial charge is 0.368 e. The summed E-state index contributed by atoms with van der Waals surface area (Å²) in [5.74, 6) is -0.373. The van der Waals surface area contributed by atoms with Crippen LogP contribution in [0.2, 0.25) is 10.0 Å². The van der Waals surface area contributed by atoms with E-state index in [0.29, 0.717) is 21.9 Å². The molecular formula is C25H21Cl2FN8O. The fraction of sp³-hybridized carbons (Fsp3) is 0.200. The fourth-order valence-corrected chi connectivity index (χ4v) is 5.07. The molecule has 0 saturated carbocycles. The van der Waals surface area contributed by atoms with E-state index in [0.717, 1.165) is 36.5 Å². The SMILES string of the molecule is CN1CCN(c2ccc(Nc3ncc4c(=O)n(-c5c(F)cccc5Cl)n5ccnc5c4n3)cc2Cl)CC1. The molecule has 188 valence electrons. The minimum atomic E-state index is -0.639. The third kappa shape index (κ3) is 4.16. The normalized spacial score (nSPS) is 14.5. The zero-order valence-corrected chi connectivity index (χ0v) is 21.2. The number of anilines is 3. The number of fused-ring (bicyclic) bond motifs is 3. The van der Waals surface area contributed by atoms with Crippen molar-refractivity contribution in [3.05, 3.63) is 81.2 Å². The maximum absolute atomic E-state index is 14.7. The number of para-hydroxylation sites is 1. The van der Waals surface area contributed by atoms with Crippen LogP contribution in [0.25, 0.3) is 22.2 Å². The molecule has 6 rings (SSSR count). The standard InChI is InChI=1S/C25H21Cl2FN8O/c1-33-9-11-34(12-10-33)20-6-5-15(13-18(20)27)31-25-30-14-16-21(32-25)23-29-7-8-35(23)36(24(16)37)22-17(26)3-2-4-19(22)28/h2-8,13-14H,9-12H2,1H3,(H,30,31,32). The van der Waals surface area contributed by atoms with Gasteiger partial charge in [-0.3, -0.25) is 4.79 Å². The summed E-state index contributed by atoms with van der Waals surface area (Å²) in [6, 6.07) is 9.94. The number of nitrogens with zero attached hydrogens (tertiary/aromatic N) is 7. The van der Waals surface area contributed by atoms with Gasteiger partial charge in [0.15, 0.2) is 5.65 Å². The van der Waals surface area contributed by atoms with Crippen molar-refractivity contribution in [3.63, 3.8) is 0 Å². The topological polar surface area (TPSA) is 83.6 Å². The number of hydrogen-bond donors (Lipinski definition) is 1. The van der Waals surface area contributed by atoms with Gasteiger partial charge in [0.05, 0.1) is 21.1 Å². The summed E-state index contributed by atoms with van der Waals surface area (Å²) >= 11 is 12.9. The van der Waals surface area contributed by atoms with E-state index in [4.69, 9.17) is 23.2 Å². The molecule has 1 aliphatic heterocycles. The van der Waals surface area contributed by atoms with E-state index >= 15 is 0 Å². The van der Waals surface area contributed by atoms with Gasteiger partial charge in [0, 0.05) is 50.5 Å². The van der Waals surface area contributed by atoms with E-state index in [2.05, 4.69) is 37.1 Å². The Balaban J connectivity index is 1.38. The number of piperazine rings is 1. The van der Waals surface area contributed by atoms with Crippen LogP contribution < -0.4 is 15.8 Å². The van der Waals surface area contributed by atoms with Crippen LogP contribution in [-0.4, -0.2) is 62.3 Å². The van der Waals surface area contributed by atoms with Gasteiger partial charge in [-0.05, 0) is 37.4 Å². The number of nitrogens with one attached hydrogen (secondary N) is 1. The minimum absolute atomic E-state index is 0.0728. The molecule has 0 aliphatic carbocycles. The lowest BCUT2D eigenvalue weighted by Crippen LogP contribution is -2.44. The molecule has 0 spiro atoms. The van der Waals surface area contributed by atoms with E-state index in [1.54, 1.807) is 6.20 Å². The van der Waals surface area contributed by atoms with Gasteiger partial charge in [0.25, 0.3) is 5.56 Å². The van der Waals surface area contributed by atoms with Crippen LogP contribution in [-0.2, 0) is 0 Å². The molecule has 0 radical (unpaired) electrons. The van der Waals surface area contributed by atoms with Crippen LogP contribution in [0.1, 0.15) is 0 Å². The zero-order chi connectivity index (χ0) is 25.7. The maximum Gasteiger partial charge on any atom is 0.281 e. The molecule has 0 atom stereocenters. The van der Waals surface area contributed by atoms with Gasteiger partial charge in [-0.25, -0.2) is 28.5 Å². The Morgan fingerprint density at radius 2 is 1.84 bits per heavy atom. The lowest BCUT2D eigenvalue weighted by molar-refractivity contribution is 0.313. The van der Waals surface area contributed by atoms with Crippen molar-refractivity contribution >= 4 is 57.1 Å². The van der Waals surface area contributed by atoms with Crippen LogP contribution in [0.4, 0.5) is 21.7 Å². The molecule has 1 fully saturated rings. The molecular weight excluding hydrogens is 518 g/mol. The van der Waals surface area contributed by atoms with E-state index in [9.17, 15) is 9.18 Å². The summed E-state index contributed by atoms with van der Waals surface area (Å²) in [4.78, 5) is 31.2. The van der Waals surface area contributed by atoms with Crippen molar-refractivity contribution < 1.29 is 4.39 Å². The third-order valence-corrected chi connectivity index (χ3v) is 7.07. The van der Waals surface area contributed by atoms with Gasteiger partial charge in [0.2, 0.25) is 5.95 Å². The van der Waals surface area contributed by atoms with Crippen molar-refractivity contribution in [3.8, 4) is 5.69 Å². The Kier molecular flexibility index (Phi) is 5.94. The lowest BCUT2D eigenvalue weighted by atomic mass is 10.2. The van der Waals surface area contributed by atoms with Gasteiger partial charge in [0.1, 0.15) is 17.0 Å². The van der Waals surface area contributed by atoms with Crippen molar-refractivity contribution in [1.82, 2.24) is 29.0 Å². The molecule has 12 heteroatoms. The molecule has 37 heavy (non-hydrogen) atoms. The number of likely N-dealkylation sites (N-methyl/N-ethyl adjacent to an activating group) is 1. The number of halogens is 3. The molecule has 2 aromatic carbocycles. The summed E-state index contributed by atoms with van der Waals surface area (Å²) in [5, 5.41) is 4.04. The van der Waals surface area contributed by atoms with Crippen molar-refractivity contribution in [2.45, 2.75) is 0 Å². The number of hydrogen-bond acceptors (Lipinski definition) is 7. The zero-order valence-electron chi connectivity index (χ0n) is 19.7. The highest BCUT2D eigenvalue weighted by Gasteiger charge is 2.20. The Morgan fingerprint density at radius 1 is 1.03 bits per heavy atom. The molecule has 1 saturated heterocycles. The van der Waals surface area contributed by atoms with Gasteiger partial charge >= 0.3 is 0 Å². The second-order valence-electron chi connectivity index (χ2n) is 8.82. The Bertz CT molecular complexity index is 1690. The first-order chi connectivity index (χ1) is 17.9. The van der Waals surface area contributed by atoms with Crippen molar-refractivity contribution in [2.75, 3.05) is 43.4 Å². The predicted octanol–water partition coefficient (Wildman–Crippen LogP) is 4.37. The molecule has 1 aliphatic rings. The summed E-state index contributed by atoms with van der Waals surface area (Å²) in [5.41, 5.74) is 1.74. The predicted molar refractivity (Wildman–Crippen MR) is 143 cm³/mol. The molecule has 4 heterocycles. The average molecular weight is 539 g/mol. The first kappa shape index (κ1) is 23.7. The summed E-state index contributed by atoms with van der Waals surface area (Å²) in [7, 11) is 2.11. The van der Waals surface area contributed by atoms with Gasteiger partial charge in [-0.15, -0.1) is 0 Å². The first-order valence-electron chi connectivity index (χ1n) is 11.6. The van der Waals surface area contributed by atoms with Crippen molar-refractivity contribution in [2.24, 2.45) is 0 Å². The van der Waals surface area contributed by atoms with Crippen LogP contribution >= 0.6 is 23.2 Å². The van der Waals surface area contributed by atoms with Crippen LogP contribution in [0.3, 0.4) is 0 Å². The monoisotopic (exact) mass is 538 g/mol. The van der Waals surface area contributed by atoms with E-state index in [1.807, 2.05) is 18.2 Å². The average Bonchev–Trinajstić information content (AvgIpc) is 3.36. The molecule has 3 aromatic heterocycles.